The molecule has 2 heterocycles. The average Bonchev–Trinajstić information content (AvgIpc) is 3.74. The van der Waals surface area contributed by atoms with Crippen molar-refractivity contribution in [3.8, 4) is 0 Å². The number of amides is 2. The van der Waals surface area contributed by atoms with Gasteiger partial charge >= 0.3 is 0 Å². The lowest BCUT2D eigenvalue weighted by Gasteiger charge is -2.29. The number of nitrogens with one attached hydrogen (secondary N) is 2. The number of fused-ring (bicyclic) bond motifs is 1. The van der Waals surface area contributed by atoms with Crippen LogP contribution in [0.1, 0.15) is 53.9 Å². The Morgan fingerprint density at radius 2 is 1.70 bits per heavy atom. The van der Waals surface area contributed by atoms with Crippen molar-refractivity contribution in [1.82, 2.24) is 19.9 Å². The second-order valence-corrected chi connectivity index (χ2v) is 14.7. The molecular formula is C36H42ClN5O7S. The molecule has 50 heavy (non-hydrogen) atoms. The molecular weight excluding hydrogens is 682 g/mol. The highest BCUT2D eigenvalue weighted by Gasteiger charge is 2.43. The van der Waals surface area contributed by atoms with Gasteiger partial charge in [-0.1, -0.05) is 66.2 Å². The number of carbonyl (C=O) groups is 3. The number of Topliss-reactive ketones (excluding diaryl/α,β-unsaturated/α-hetero) is 1. The normalized spacial score (nSPS) is 17.5. The molecule has 12 nitrogen and oxygen atoms in total. The Kier molecular flexibility index (Phi) is 12.8. The highest BCUT2D eigenvalue weighted by atomic mass is 35.5. The number of rotatable bonds is 17. The average molecular weight is 724 g/mol. The molecule has 266 valence electrons. The molecule has 0 bridgehead atoms. The van der Waals surface area contributed by atoms with E-state index in [1.165, 1.54) is 4.90 Å². The molecule has 5 rings (SSSR count). The van der Waals surface area contributed by atoms with Crippen molar-refractivity contribution in [2.75, 3.05) is 19.3 Å². The molecule has 4 aromatic rings. The molecule has 2 amide bonds. The first-order chi connectivity index (χ1) is 24.0. The quantitative estimate of drug-likeness (QED) is 0.107. The summed E-state index contributed by atoms with van der Waals surface area (Å²) < 4.78 is 39.2. The molecule has 0 spiro atoms. The summed E-state index contributed by atoms with van der Waals surface area (Å²) in [6.45, 7) is 0.650. The first kappa shape index (κ1) is 37.1. The number of nitrogens with zero attached hydrogens (tertiary/aromatic N) is 2. The summed E-state index contributed by atoms with van der Waals surface area (Å²) in [7, 11) is -3.80. The molecule has 1 saturated heterocycles. The highest BCUT2D eigenvalue weighted by molar-refractivity contribution is 7.88. The van der Waals surface area contributed by atoms with Gasteiger partial charge in [-0.05, 0) is 74.0 Å². The first-order valence-electron chi connectivity index (χ1n) is 16.6. The molecule has 0 saturated carbocycles. The van der Waals surface area contributed by atoms with Gasteiger partial charge in [-0.2, -0.15) is 0 Å². The maximum atomic E-state index is 14.2. The second kappa shape index (κ2) is 17.2. The van der Waals surface area contributed by atoms with Crippen molar-refractivity contribution in [1.29, 1.82) is 0 Å². The van der Waals surface area contributed by atoms with E-state index in [4.69, 9.17) is 26.5 Å². The summed E-state index contributed by atoms with van der Waals surface area (Å²) in [5.74, 6) is -1.77. The molecule has 0 unspecified atom stereocenters. The molecule has 4 atom stereocenters. The minimum atomic E-state index is -3.80. The Morgan fingerprint density at radius 1 is 0.980 bits per heavy atom. The van der Waals surface area contributed by atoms with Crippen LogP contribution in [0.4, 0.5) is 0 Å². The summed E-state index contributed by atoms with van der Waals surface area (Å²) in [6, 6.07) is 20.3. The smallest absolute Gasteiger partial charge is 0.266 e. The van der Waals surface area contributed by atoms with Gasteiger partial charge in [0, 0.05) is 18.0 Å². The van der Waals surface area contributed by atoms with Crippen LogP contribution in [0.2, 0.25) is 5.02 Å². The lowest BCUT2D eigenvalue weighted by molar-refractivity contribution is -0.140. The largest absolute Gasteiger partial charge is 0.434 e. The molecule has 3 aromatic carbocycles. The van der Waals surface area contributed by atoms with Crippen LogP contribution in [-0.2, 0) is 37.4 Å². The molecule has 1 aliphatic heterocycles. The molecule has 1 aliphatic rings. The third-order valence-electron chi connectivity index (χ3n) is 8.55. The van der Waals surface area contributed by atoms with Crippen molar-refractivity contribution >= 4 is 50.3 Å². The Bertz CT molecular complexity index is 1840. The number of likely N-dealkylation sites (tertiary alicyclic amines) is 1. The van der Waals surface area contributed by atoms with E-state index >= 15 is 0 Å². The third-order valence-corrected chi connectivity index (χ3v) is 9.52. The van der Waals surface area contributed by atoms with Gasteiger partial charge in [0.05, 0.1) is 25.0 Å². The molecule has 4 N–H and O–H groups in total. The molecule has 0 aliphatic carbocycles. The van der Waals surface area contributed by atoms with Gasteiger partial charge < -0.3 is 25.1 Å². The monoisotopic (exact) mass is 723 g/mol. The number of aromatic nitrogens is 1. The summed E-state index contributed by atoms with van der Waals surface area (Å²) >= 11 is 6.03. The standard InChI is InChI=1S/C36H42ClN5O7S/c1-50(46,47)41-30(19-16-24-9-3-2-4-10-24)36(45)42-22-27(48-23-25-14-17-26(37)18-15-25)21-31(42)34(44)39-29(12-7-8-20-38)33(43)35-40-28-11-5-6-13-32(28)49-35/h2-6,9-11,13-15,17-18,27,29-31,41H,7-8,12,16,19-23,38H2,1H3,(H,39,44)/t27-,29+,30-,31+/m1/s1. The highest BCUT2D eigenvalue weighted by Crippen LogP contribution is 2.25. The van der Waals surface area contributed by atoms with Gasteiger partial charge in [0.25, 0.3) is 5.89 Å². The fourth-order valence-corrected chi connectivity index (χ4v) is 6.87. The second-order valence-electron chi connectivity index (χ2n) is 12.5. The number of halogens is 1. The SMILES string of the molecule is CS(=O)(=O)N[C@H](CCc1ccccc1)C(=O)N1C[C@H](OCc2ccc(Cl)cc2)C[C@H]1C(=O)N[C@@H](CCCCN)C(=O)c1nc2ccccc2o1. The summed E-state index contributed by atoms with van der Waals surface area (Å²) in [5.41, 5.74) is 8.45. The number of oxazole rings is 1. The zero-order chi connectivity index (χ0) is 35.7. The number of carbonyl (C=O) groups excluding carboxylic acids is 3. The molecule has 0 radical (unpaired) electrons. The van der Waals surface area contributed by atoms with Gasteiger partial charge in [-0.3, -0.25) is 14.4 Å². The topological polar surface area (TPSA) is 174 Å². The minimum Gasteiger partial charge on any atom is -0.434 e. The van der Waals surface area contributed by atoms with Crippen LogP contribution >= 0.6 is 11.6 Å². The third kappa shape index (κ3) is 10.2. The number of benzene rings is 3. The van der Waals surface area contributed by atoms with E-state index in [1.54, 1.807) is 36.4 Å². The van der Waals surface area contributed by atoms with Crippen molar-refractivity contribution in [3.05, 3.63) is 101 Å². The fourth-order valence-electron chi connectivity index (χ4n) is 6.01. The van der Waals surface area contributed by atoms with Crippen molar-refractivity contribution in [2.45, 2.75) is 69.4 Å². The zero-order valence-electron chi connectivity index (χ0n) is 27.8. The summed E-state index contributed by atoms with van der Waals surface area (Å²) in [6.07, 6.45) is 2.59. The van der Waals surface area contributed by atoms with Gasteiger partial charge in [-0.25, -0.2) is 18.1 Å². The van der Waals surface area contributed by atoms with E-state index in [2.05, 4.69) is 15.0 Å². The number of unbranched alkanes of at least 4 members (excludes halogenated alkanes) is 1. The molecule has 1 aromatic heterocycles. The van der Waals surface area contributed by atoms with E-state index in [1.807, 2.05) is 42.5 Å². The van der Waals surface area contributed by atoms with Crippen molar-refractivity contribution in [2.24, 2.45) is 5.73 Å². The van der Waals surface area contributed by atoms with Crippen LogP contribution in [0.25, 0.3) is 11.1 Å². The zero-order valence-corrected chi connectivity index (χ0v) is 29.4. The number of ketones is 1. The Hall–Kier alpha value is -4.14. The number of para-hydroxylation sites is 2. The number of aryl methyl sites for hydroxylation is 1. The van der Waals surface area contributed by atoms with Crippen LogP contribution in [0, 0.1) is 0 Å². The number of sulfonamides is 1. The molecule has 14 heteroatoms. The summed E-state index contributed by atoms with van der Waals surface area (Å²) in [4.78, 5) is 47.7. The van der Waals surface area contributed by atoms with E-state index in [0.717, 1.165) is 17.4 Å². The van der Waals surface area contributed by atoms with Crippen LogP contribution in [0.5, 0.6) is 0 Å². The van der Waals surface area contributed by atoms with Gasteiger partial charge in [0.2, 0.25) is 27.6 Å². The predicted octanol–water partition coefficient (Wildman–Crippen LogP) is 4.01. The first-order valence-corrected chi connectivity index (χ1v) is 18.9. The number of hydrogen-bond acceptors (Lipinski definition) is 9. The molecule has 1 fully saturated rings. The van der Waals surface area contributed by atoms with E-state index in [0.29, 0.717) is 41.9 Å². The summed E-state index contributed by atoms with van der Waals surface area (Å²) in [5, 5.41) is 3.44. The maximum Gasteiger partial charge on any atom is 0.266 e. The van der Waals surface area contributed by atoms with E-state index in [9.17, 15) is 22.8 Å². The van der Waals surface area contributed by atoms with Crippen LogP contribution in [-0.4, -0.2) is 79.5 Å². The van der Waals surface area contributed by atoms with Gasteiger partial charge in [0.15, 0.2) is 5.58 Å². The number of hydrogen-bond donors (Lipinski definition) is 3. The minimum absolute atomic E-state index is 0.0364. The Labute approximate surface area is 296 Å². The number of nitrogens with two attached hydrogens (primary N) is 1. The van der Waals surface area contributed by atoms with Crippen LogP contribution < -0.4 is 15.8 Å². The fraction of sp³-hybridized carbons (Fsp3) is 0.389. The van der Waals surface area contributed by atoms with Crippen LogP contribution in [0.3, 0.4) is 0 Å². The predicted molar refractivity (Wildman–Crippen MR) is 190 cm³/mol. The lowest BCUT2D eigenvalue weighted by atomic mass is 10.0. The maximum absolute atomic E-state index is 14.2. The lowest BCUT2D eigenvalue weighted by Crippen LogP contribution is -2.55. The van der Waals surface area contributed by atoms with Gasteiger partial charge in [-0.15, -0.1) is 0 Å². The van der Waals surface area contributed by atoms with E-state index in [-0.39, 0.29) is 38.3 Å². The van der Waals surface area contributed by atoms with E-state index < -0.39 is 51.9 Å². The van der Waals surface area contributed by atoms with Gasteiger partial charge in [0.1, 0.15) is 17.6 Å². The Morgan fingerprint density at radius 3 is 2.40 bits per heavy atom. The Balaban J connectivity index is 1.39. The van der Waals surface area contributed by atoms with Crippen molar-refractivity contribution < 1.29 is 32.0 Å². The number of ether oxygens (including phenoxy) is 1. The van der Waals surface area contributed by atoms with Crippen LogP contribution in [0.15, 0.2) is 83.3 Å². The van der Waals surface area contributed by atoms with Crippen molar-refractivity contribution in [3.63, 3.8) is 0 Å².